The fraction of sp³-hybridized carbons (Fsp3) is 0.588. The standard InChI is InChI=1S/C17H22N2O5/c1-17(23-8-9-24-17)12-4-3-7-19(10-12)16(20)18-13-5-2-6-14-15(13)22-11-21-14/h2,5-6,12H,3-4,7-11H2,1H3,(H,18,20)/t12-/m1/s1. The molecule has 0 spiro atoms. The number of hydrogen-bond acceptors (Lipinski definition) is 5. The zero-order chi connectivity index (χ0) is 16.6. The van der Waals surface area contributed by atoms with Crippen molar-refractivity contribution in [1.82, 2.24) is 4.90 Å². The van der Waals surface area contributed by atoms with Gasteiger partial charge in [-0.1, -0.05) is 6.07 Å². The van der Waals surface area contributed by atoms with E-state index >= 15 is 0 Å². The molecule has 3 heterocycles. The van der Waals surface area contributed by atoms with Gasteiger partial charge in [0, 0.05) is 19.0 Å². The van der Waals surface area contributed by atoms with Crippen LogP contribution in [-0.4, -0.2) is 49.8 Å². The Morgan fingerprint density at radius 1 is 1.29 bits per heavy atom. The predicted octanol–water partition coefficient (Wildman–Crippen LogP) is 2.42. The van der Waals surface area contributed by atoms with Crippen LogP contribution in [0.15, 0.2) is 18.2 Å². The number of amides is 2. The van der Waals surface area contributed by atoms with Crippen LogP contribution in [0.3, 0.4) is 0 Å². The number of rotatable bonds is 2. The van der Waals surface area contributed by atoms with Crippen LogP contribution in [0.1, 0.15) is 19.8 Å². The third-order valence-electron chi connectivity index (χ3n) is 4.95. The highest BCUT2D eigenvalue weighted by molar-refractivity contribution is 5.91. The topological polar surface area (TPSA) is 69.3 Å². The Labute approximate surface area is 140 Å². The van der Waals surface area contributed by atoms with Crippen molar-refractivity contribution in [3.05, 3.63) is 18.2 Å². The van der Waals surface area contributed by atoms with E-state index in [0.717, 1.165) is 19.4 Å². The molecule has 0 aromatic heterocycles. The maximum absolute atomic E-state index is 12.7. The van der Waals surface area contributed by atoms with Gasteiger partial charge in [0.05, 0.1) is 18.9 Å². The van der Waals surface area contributed by atoms with E-state index in [-0.39, 0.29) is 18.7 Å². The number of carbonyl (C=O) groups excluding carboxylic acids is 1. The van der Waals surface area contributed by atoms with Gasteiger partial charge in [-0.15, -0.1) is 0 Å². The molecule has 3 aliphatic heterocycles. The first kappa shape index (κ1) is 15.5. The number of nitrogens with one attached hydrogen (secondary N) is 1. The molecule has 130 valence electrons. The summed E-state index contributed by atoms with van der Waals surface area (Å²) in [7, 11) is 0. The summed E-state index contributed by atoms with van der Waals surface area (Å²) in [6.07, 6.45) is 1.94. The number of nitrogens with zero attached hydrogens (tertiary/aromatic N) is 1. The van der Waals surface area contributed by atoms with E-state index in [4.69, 9.17) is 18.9 Å². The Hall–Kier alpha value is -1.99. The van der Waals surface area contributed by atoms with Crippen molar-refractivity contribution in [2.45, 2.75) is 25.6 Å². The van der Waals surface area contributed by atoms with Crippen LogP contribution < -0.4 is 14.8 Å². The van der Waals surface area contributed by atoms with E-state index < -0.39 is 5.79 Å². The van der Waals surface area contributed by atoms with Crippen LogP contribution in [0.5, 0.6) is 11.5 Å². The lowest BCUT2D eigenvalue weighted by Crippen LogP contribution is -2.49. The zero-order valence-corrected chi connectivity index (χ0v) is 13.7. The number of ether oxygens (including phenoxy) is 4. The lowest BCUT2D eigenvalue weighted by atomic mass is 9.90. The average molecular weight is 334 g/mol. The molecule has 0 bridgehead atoms. The zero-order valence-electron chi connectivity index (χ0n) is 13.7. The third-order valence-corrected chi connectivity index (χ3v) is 4.95. The number of para-hydroxylation sites is 1. The minimum Gasteiger partial charge on any atom is -0.454 e. The maximum atomic E-state index is 12.7. The van der Waals surface area contributed by atoms with Crippen LogP contribution in [0.4, 0.5) is 10.5 Å². The van der Waals surface area contributed by atoms with Crippen molar-refractivity contribution >= 4 is 11.7 Å². The Kier molecular flexibility index (Phi) is 3.97. The van der Waals surface area contributed by atoms with Crippen LogP contribution in [0, 0.1) is 5.92 Å². The SMILES string of the molecule is CC1([C@@H]2CCCN(C(=O)Nc3cccc4c3OCO4)C2)OCCO1. The number of benzene rings is 1. The highest BCUT2D eigenvalue weighted by atomic mass is 16.7. The molecule has 1 aromatic rings. The molecule has 2 amide bonds. The second-order valence-corrected chi connectivity index (χ2v) is 6.47. The van der Waals surface area contributed by atoms with Crippen LogP contribution in [0.25, 0.3) is 0 Å². The molecule has 0 unspecified atom stereocenters. The monoisotopic (exact) mass is 334 g/mol. The van der Waals surface area contributed by atoms with Gasteiger partial charge in [0.1, 0.15) is 0 Å². The average Bonchev–Trinajstić information content (AvgIpc) is 3.25. The quantitative estimate of drug-likeness (QED) is 0.899. The molecule has 7 nitrogen and oxygen atoms in total. The Balaban J connectivity index is 1.44. The van der Waals surface area contributed by atoms with Crippen molar-refractivity contribution in [3.8, 4) is 11.5 Å². The number of anilines is 1. The number of likely N-dealkylation sites (tertiary alicyclic amines) is 1. The van der Waals surface area contributed by atoms with Gasteiger partial charge < -0.3 is 29.2 Å². The highest BCUT2D eigenvalue weighted by Crippen LogP contribution is 2.39. The Morgan fingerprint density at radius 3 is 2.96 bits per heavy atom. The van der Waals surface area contributed by atoms with Gasteiger partial charge in [0.25, 0.3) is 0 Å². The number of carbonyl (C=O) groups is 1. The summed E-state index contributed by atoms with van der Waals surface area (Å²) in [5, 5.41) is 2.94. The summed E-state index contributed by atoms with van der Waals surface area (Å²) in [5.41, 5.74) is 0.636. The van der Waals surface area contributed by atoms with Crippen molar-refractivity contribution in [2.75, 3.05) is 38.4 Å². The molecule has 1 aromatic carbocycles. The summed E-state index contributed by atoms with van der Waals surface area (Å²) >= 11 is 0. The summed E-state index contributed by atoms with van der Waals surface area (Å²) in [4.78, 5) is 14.5. The van der Waals surface area contributed by atoms with Crippen molar-refractivity contribution < 1.29 is 23.7 Å². The second-order valence-electron chi connectivity index (χ2n) is 6.47. The molecule has 0 saturated carbocycles. The minimum absolute atomic E-state index is 0.134. The van der Waals surface area contributed by atoms with Crippen LogP contribution >= 0.6 is 0 Å². The number of urea groups is 1. The van der Waals surface area contributed by atoms with E-state index in [9.17, 15) is 4.79 Å². The first-order valence-electron chi connectivity index (χ1n) is 8.38. The molecule has 3 aliphatic rings. The first-order chi connectivity index (χ1) is 11.7. The minimum atomic E-state index is -0.579. The fourth-order valence-electron chi connectivity index (χ4n) is 3.58. The molecule has 0 aliphatic carbocycles. The molecule has 2 fully saturated rings. The van der Waals surface area contributed by atoms with E-state index in [2.05, 4.69) is 5.32 Å². The Bertz CT molecular complexity index is 629. The molecule has 4 rings (SSSR count). The molecule has 0 radical (unpaired) electrons. The smallest absolute Gasteiger partial charge is 0.321 e. The van der Waals surface area contributed by atoms with Gasteiger partial charge in [0.2, 0.25) is 6.79 Å². The first-order valence-corrected chi connectivity index (χ1v) is 8.38. The molecular weight excluding hydrogens is 312 g/mol. The number of fused-ring (bicyclic) bond motifs is 1. The maximum Gasteiger partial charge on any atom is 0.321 e. The molecule has 7 heteroatoms. The van der Waals surface area contributed by atoms with Crippen molar-refractivity contribution in [3.63, 3.8) is 0 Å². The lowest BCUT2D eigenvalue weighted by molar-refractivity contribution is -0.189. The lowest BCUT2D eigenvalue weighted by Gasteiger charge is -2.39. The predicted molar refractivity (Wildman–Crippen MR) is 86.2 cm³/mol. The van der Waals surface area contributed by atoms with Gasteiger partial charge in [-0.2, -0.15) is 0 Å². The fourth-order valence-corrected chi connectivity index (χ4v) is 3.58. The van der Waals surface area contributed by atoms with E-state index in [1.807, 2.05) is 30.0 Å². The molecule has 2 saturated heterocycles. The normalized spacial score (nSPS) is 24.9. The van der Waals surface area contributed by atoms with E-state index in [1.165, 1.54) is 0 Å². The van der Waals surface area contributed by atoms with Gasteiger partial charge in [-0.05, 0) is 31.9 Å². The molecule has 1 N–H and O–H groups in total. The van der Waals surface area contributed by atoms with Gasteiger partial charge in [-0.3, -0.25) is 0 Å². The third kappa shape index (κ3) is 2.78. The summed E-state index contributed by atoms with van der Waals surface area (Å²) in [5.74, 6) is 0.850. The largest absolute Gasteiger partial charge is 0.454 e. The van der Waals surface area contributed by atoms with E-state index in [1.54, 1.807) is 0 Å². The van der Waals surface area contributed by atoms with Crippen LogP contribution in [-0.2, 0) is 9.47 Å². The van der Waals surface area contributed by atoms with E-state index in [0.29, 0.717) is 36.9 Å². The van der Waals surface area contributed by atoms with Gasteiger partial charge in [-0.25, -0.2) is 4.79 Å². The summed E-state index contributed by atoms with van der Waals surface area (Å²) in [6, 6.07) is 5.34. The second kappa shape index (κ2) is 6.14. The molecular formula is C17H22N2O5. The summed E-state index contributed by atoms with van der Waals surface area (Å²) in [6.45, 7) is 4.74. The van der Waals surface area contributed by atoms with Gasteiger partial charge >= 0.3 is 6.03 Å². The Morgan fingerprint density at radius 2 is 2.12 bits per heavy atom. The molecule has 1 atom stereocenters. The van der Waals surface area contributed by atoms with Gasteiger partial charge in [0.15, 0.2) is 17.3 Å². The van der Waals surface area contributed by atoms with Crippen molar-refractivity contribution in [2.24, 2.45) is 5.92 Å². The summed E-state index contributed by atoms with van der Waals surface area (Å²) < 4.78 is 22.3. The molecule has 24 heavy (non-hydrogen) atoms. The number of hydrogen-bond donors (Lipinski definition) is 1. The number of piperidine rings is 1. The van der Waals surface area contributed by atoms with Crippen LogP contribution in [0.2, 0.25) is 0 Å². The highest BCUT2D eigenvalue weighted by Gasteiger charge is 2.42. The van der Waals surface area contributed by atoms with Crippen molar-refractivity contribution in [1.29, 1.82) is 0 Å².